The minimum absolute atomic E-state index is 0.0228. The Bertz CT molecular complexity index is 877. The van der Waals surface area contributed by atoms with E-state index in [2.05, 4.69) is 14.8 Å². The third kappa shape index (κ3) is 2.25. The molecule has 7 heteroatoms. The average Bonchev–Trinajstić information content (AvgIpc) is 2.91. The number of nitrogens with two attached hydrogens (primary N) is 1. The number of rotatable bonds is 2. The zero-order valence-corrected chi connectivity index (χ0v) is 11.2. The molecule has 2 aromatic heterocycles. The van der Waals surface area contributed by atoms with E-state index in [9.17, 15) is 9.59 Å². The zero-order valence-electron chi connectivity index (χ0n) is 11.2. The smallest absolute Gasteiger partial charge is 0.356 e. The van der Waals surface area contributed by atoms with Crippen LogP contribution >= 0.6 is 0 Å². The van der Waals surface area contributed by atoms with Gasteiger partial charge in [-0.15, -0.1) is 0 Å². The lowest BCUT2D eigenvalue weighted by atomic mass is 10.1. The van der Waals surface area contributed by atoms with Gasteiger partial charge in [0.2, 0.25) is 0 Å². The molecule has 0 aliphatic heterocycles. The predicted octanol–water partition coefficient (Wildman–Crippen LogP) is 1.06. The van der Waals surface area contributed by atoms with Crippen LogP contribution in [0, 0.1) is 0 Å². The number of ether oxygens (including phenoxy) is 1. The molecule has 3 N–H and O–H groups in total. The van der Waals surface area contributed by atoms with Gasteiger partial charge in [0.25, 0.3) is 5.56 Å². The second-order valence-corrected chi connectivity index (χ2v) is 4.46. The van der Waals surface area contributed by atoms with Gasteiger partial charge in [0.1, 0.15) is 0 Å². The van der Waals surface area contributed by atoms with Crippen molar-refractivity contribution >= 4 is 17.3 Å². The van der Waals surface area contributed by atoms with Crippen LogP contribution in [0.4, 0.5) is 5.69 Å². The van der Waals surface area contributed by atoms with Gasteiger partial charge in [-0.2, -0.15) is 0 Å². The fourth-order valence-electron chi connectivity index (χ4n) is 2.01. The molecule has 0 aliphatic rings. The SMILES string of the molecule is COC(=O)c1cc(=O)n2[nH]c(-c3ccc(N)cc3)cc2n1. The topological polar surface area (TPSA) is 102 Å². The van der Waals surface area contributed by atoms with Crippen LogP contribution < -0.4 is 11.3 Å². The van der Waals surface area contributed by atoms with Crippen LogP contribution in [-0.4, -0.2) is 27.7 Å². The van der Waals surface area contributed by atoms with Crippen LogP contribution in [0.5, 0.6) is 0 Å². The van der Waals surface area contributed by atoms with Crippen LogP contribution in [0.2, 0.25) is 0 Å². The van der Waals surface area contributed by atoms with Crippen molar-refractivity contribution in [2.45, 2.75) is 0 Å². The van der Waals surface area contributed by atoms with E-state index in [4.69, 9.17) is 5.73 Å². The first kappa shape index (κ1) is 12.9. The highest BCUT2D eigenvalue weighted by molar-refractivity contribution is 5.87. The maximum absolute atomic E-state index is 12.0. The summed E-state index contributed by atoms with van der Waals surface area (Å²) in [5.41, 5.74) is 7.78. The minimum atomic E-state index is -0.648. The minimum Gasteiger partial charge on any atom is -0.464 e. The Morgan fingerprint density at radius 1 is 1.29 bits per heavy atom. The van der Waals surface area contributed by atoms with Gasteiger partial charge in [-0.25, -0.2) is 14.3 Å². The third-order valence-corrected chi connectivity index (χ3v) is 3.07. The van der Waals surface area contributed by atoms with E-state index < -0.39 is 5.97 Å². The Morgan fingerprint density at radius 2 is 2.00 bits per heavy atom. The van der Waals surface area contributed by atoms with Gasteiger partial charge in [-0.3, -0.25) is 9.89 Å². The van der Waals surface area contributed by atoms with Crippen molar-refractivity contribution in [1.82, 2.24) is 14.6 Å². The van der Waals surface area contributed by atoms with Gasteiger partial charge in [-0.05, 0) is 17.7 Å². The fraction of sp³-hybridized carbons (Fsp3) is 0.0714. The molecule has 0 spiro atoms. The van der Waals surface area contributed by atoms with Gasteiger partial charge in [0.05, 0.1) is 12.8 Å². The number of nitrogen functional groups attached to an aromatic ring is 1. The molecular weight excluding hydrogens is 272 g/mol. The van der Waals surface area contributed by atoms with E-state index >= 15 is 0 Å². The first-order valence-corrected chi connectivity index (χ1v) is 6.15. The van der Waals surface area contributed by atoms with E-state index in [-0.39, 0.29) is 11.3 Å². The van der Waals surface area contributed by atoms with Gasteiger partial charge in [0.15, 0.2) is 11.3 Å². The standard InChI is InChI=1S/C14H12N4O3/c1-21-14(20)11-7-13(19)18-12(16-11)6-10(17-18)8-2-4-9(15)5-3-8/h2-7,17H,15H2,1H3. The summed E-state index contributed by atoms with van der Waals surface area (Å²) in [6.07, 6.45) is 0. The van der Waals surface area contributed by atoms with E-state index in [0.717, 1.165) is 11.6 Å². The number of carbonyl (C=O) groups excluding carboxylic acids is 1. The normalized spacial score (nSPS) is 10.7. The molecule has 0 saturated carbocycles. The number of hydrogen-bond donors (Lipinski definition) is 2. The lowest BCUT2D eigenvalue weighted by Crippen LogP contribution is -2.18. The molecule has 21 heavy (non-hydrogen) atoms. The highest BCUT2D eigenvalue weighted by atomic mass is 16.5. The summed E-state index contributed by atoms with van der Waals surface area (Å²) >= 11 is 0. The summed E-state index contributed by atoms with van der Waals surface area (Å²) in [6, 6.07) is 9.98. The highest BCUT2D eigenvalue weighted by Crippen LogP contribution is 2.19. The molecule has 0 aliphatic carbocycles. The molecular formula is C14H12N4O3. The Hall–Kier alpha value is -3.09. The number of methoxy groups -OCH3 is 1. The average molecular weight is 284 g/mol. The first-order chi connectivity index (χ1) is 10.1. The van der Waals surface area contributed by atoms with Crippen LogP contribution in [0.3, 0.4) is 0 Å². The molecule has 1 aromatic carbocycles. The molecule has 0 fully saturated rings. The Morgan fingerprint density at radius 3 is 2.67 bits per heavy atom. The van der Waals surface area contributed by atoms with E-state index in [1.165, 1.54) is 11.6 Å². The summed E-state index contributed by atoms with van der Waals surface area (Å²) in [4.78, 5) is 27.6. The Labute approximate surface area is 119 Å². The molecule has 3 rings (SSSR count). The molecule has 3 aromatic rings. The van der Waals surface area contributed by atoms with Gasteiger partial charge < -0.3 is 10.5 Å². The second kappa shape index (κ2) is 4.78. The number of aromatic nitrogens is 3. The molecule has 2 heterocycles. The van der Waals surface area contributed by atoms with Crippen molar-refractivity contribution in [1.29, 1.82) is 0 Å². The van der Waals surface area contributed by atoms with E-state index in [1.807, 2.05) is 12.1 Å². The number of hydrogen-bond acceptors (Lipinski definition) is 5. The summed E-state index contributed by atoms with van der Waals surface area (Å²) in [5.74, 6) is -0.648. The maximum Gasteiger partial charge on any atom is 0.356 e. The predicted molar refractivity (Wildman–Crippen MR) is 77.0 cm³/mol. The number of nitrogens with zero attached hydrogens (tertiary/aromatic N) is 2. The summed E-state index contributed by atoms with van der Waals surface area (Å²) in [6.45, 7) is 0. The zero-order chi connectivity index (χ0) is 15.0. The monoisotopic (exact) mass is 284 g/mol. The molecule has 106 valence electrons. The van der Waals surface area contributed by atoms with Crippen LogP contribution in [-0.2, 0) is 4.74 Å². The molecule has 0 saturated heterocycles. The van der Waals surface area contributed by atoms with Crippen molar-refractivity contribution < 1.29 is 9.53 Å². The number of anilines is 1. The van der Waals surface area contributed by atoms with E-state index in [1.54, 1.807) is 18.2 Å². The molecule has 0 bridgehead atoms. The van der Waals surface area contributed by atoms with Crippen molar-refractivity contribution in [2.75, 3.05) is 12.8 Å². The van der Waals surface area contributed by atoms with Gasteiger partial charge >= 0.3 is 5.97 Å². The van der Waals surface area contributed by atoms with Gasteiger partial charge in [0, 0.05) is 17.8 Å². The molecule has 0 atom stereocenters. The van der Waals surface area contributed by atoms with Crippen LogP contribution in [0.15, 0.2) is 41.2 Å². The summed E-state index contributed by atoms with van der Waals surface area (Å²) in [7, 11) is 1.24. The van der Waals surface area contributed by atoms with Crippen LogP contribution in [0.25, 0.3) is 16.9 Å². The molecule has 0 radical (unpaired) electrons. The van der Waals surface area contributed by atoms with Crippen LogP contribution in [0.1, 0.15) is 10.5 Å². The fourth-order valence-corrected chi connectivity index (χ4v) is 2.01. The number of H-pyrrole nitrogens is 1. The highest BCUT2D eigenvalue weighted by Gasteiger charge is 2.12. The second-order valence-electron chi connectivity index (χ2n) is 4.46. The number of carbonyl (C=O) groups is 1. The summed E-state index contributed by atoms with van der Waals surface area (Å²) < 4.78 is 5.83. The lowest BCUT2D eigenvalue weighted by Gasteiger charge is -1.98. The number of aromatic amines is 1. The van der Waals surface area contributed by atoms with Gasteiger partial charge in [-0.1, -0.05) is 12.1 Å². The third-order valence-electron chi connectivity index (χ3n) is 3.07. The quantitative estimate of drug-likeness (QED) is 0.541. The molecule has 7 nitrogen and oxygen atoms in total. The molecule has 0 amide bonds. The van der Waals surface area contributed by atoms with Crippen molar-refractivity contribution in [2.24, 2.45) is 0 Å². The largest absolute Gasteiger partial charge is 0.464 e. The number of benzene rings is 1. The number of nitrogens with one attached hydrogen (secondary N) is 1. The Balaban J connectivity index is 2.16. The maximum atomic E-state index is 12.0. The van der Waals surface area contributed by atoms with Crippen molar-refractivity contribution in [3.05, 3.63) is 52.4 Å². The lowest BCUT2D eigenvalue weighted by molar-refractivity contribution is 0.0594. The molecule has 0 unspecified atom stereocenters. The van der Waals surface area contributed by atoms with E-state index in [0.29, 0.717) is 17.0 Å². The number of fused-ring (bicyclic) bond motifs is 1. The Kier molecular flexibility index (Phi) is 2.94. The number of esters is 1. The summed E-state index contributed by atoms with van der Waals surface area (Å²) in [5, 5.41) is 2.93. The van der Waals surface area contributed by atoms with Crippen molar-refractivity contribution in [3.8, 4) is 11.3 Å². The first-order valence-electron chi connectivity index (χ1n) is 6.15. The van der Waals surface area contributed by atoms with Crippen molar-refractivity contribution in [3.63, 3.8) is 0 Å².